The summed E-state index contributed by atoms with van der Waals surface area (Å²) in [4.78, 5) is 20.5. The fourth-order valence-electron chi connectivity index (χ4n) is 2.42. The van der Waals surface area contributed by atoms with Crippen LogP contribution in [0.1, 0.15) is 11.1 Å². The van der Waals surface area contributed by atoms with Crippen LogP contribution in [0.25, 0.3) is 11.3 Å². The molecular weight excluding hydrogens is 300 g/mol. The van der Waals surface area contributed by atoms with Gasteiger partial charge in [0.25, 0.3) is 0 Å². The van der Waals surface area contributed by atoms with Gasteiger partial charge in [0.1, 0.15) is 0 Å². The maximum absolute atomic E-state index is 12.1. The number of hydrogen-bond acceptors (Lipinski definition) is 3. The van der Waals surface area contributed by atoms with E-state index in [-0.39, 0.29) is 6.03 Å². The summed E-state index contributed by atoms with van der Waals surface area (Å²) in [5.41, 5.74) is 4.63. The molecule has 2 N–H and O–H groups in total. The van der Waals surface area contributed by atoms with E-state index in [4.69, 9.17) is 0 Å². The van der Waals surface area contributed by atoms with Crippen molar-refractivity contribution in [2.24, 2.45) is 0 Å². The van der Waals surface area contributed by atoms with Gasteiger partial charge in [0.05, 0.1) is 5.69 Å². The Kier molecular flexibility index (Phi) is 4.81. The highest BCUT2D eigenvalue weighted by Crippen LogP contribution is 2.20. The van der Waals surface area contributed by atoms with Crippen molar-refractivity contribution in [2.45, 2.75) is 13.5 Å². The second kappa shape index (κ2) is 7.37. The molecule has 1 aromatic carbocycles. The third-order valence-electron chi connectivity index (χ3n) is 3.56. The molecule has 2 aromatic heterocycles. The number of carbonyl (C=O) groups is 1. The molecule has 120 valence electrons. The first-order valence-electron chi connectivity index (χ1n) is 7.68. The summed E-state index contributed by atoms with van der Waals surface area (Å²) in [7, 11) is 0. The Morgan fingerprint density at radius 3 is 2.67 bits per heavy atom. The van der Waals surface area contributed by atoms with Crippen molar-refractivity contribution in [2.75, 3.05) is 5.32 Å². The molecule has 2 heterocycles. The quantitative estimate of drug-likeness (QED) is 0.769. The van der Waals surface area contributed by atoms with E-state index in [9.17, 15) is 4.79 Å². The van der Waals surface area contributed by atoms with Gasteiger partial charge in [-0.2, -0.15) is 0 Å². The fourth-order valence-corrected chi connectivity index (χ4v) is 2.42. The van der Waals surface area contributed by atoms with Gasteiger partial charge in [-0.1, -0.05) is 18.2 Å². The predicted molar refractivity (Wildman–Crippen MR) is 94.5 cm³/mol. The maximum Gasteiger partial charge on any atom is 0.319 e. The van der Waals surface area contributed by atoms with Crippen molar-refractivity contribution in [1.29, 1.82) is 0 Å². The maximum atomic E-state index is 12.1. The average molecular weight is 318 g/mol. The van der Waals surface area contributed by atoms with Crippen molar-refractivity contribution in [3.8, 4) is 11.3 Å². The summed E-state index contributed by atoms with van der Waals surface area (Å²) < 4.78 is 0. The van der Waals surface area contributed by atoms with Crippen LogP contribution in [-0.2, 0) is 6.54 Å². The molecule has 5 heteroatoms. The molecular formula is C19H18N4O. The number of urea groups is 1. The number of benzene rings is 1. The Morgan fingerprint density at radius 1 is 1.04 bits per heavy atom. The first-order valence-corrected chi connectivity index (χ1v) is 7.68. The topological polar surface area (TPSA) is 66.9 Å². The predicted octanol–water partition coefficient (Wildman–Crippen LogP) is 3.77. The Morgan fingerprint density at radius 2 is 1.88 bits per heavy atom. The molecule has 0 atom stereocenters. The van der Waals surface area contributed by atoms with Gasteiger partial charge in [0.2, 0.25) is 0 Å². The average Bonchev–Trinajstić information content (AvgIpc) is 2.61. The lowest BCUT2D eigenvalue weighted by atomic mass is 10.1. The standard InChI is InChI=1S/C19H18N4O/c1-14-4-2-6-17(12-14)23-19(24)22-13-16-5-3-9-21-18(16)15-7-10-20-11-8-15/h2-12H,13H2,1H3,(H2,22,23,24). The summed E-state index contributed by atoms with van der Waals surface area (Å²) in [6.45, 7) is 2.38. The van der Waals surface area contributed by atoms with Crippen LogP contribution in [-0.4, -0.2) is 16.0 Å². The highest BCUT2D eigenvalue weighted by atomic mass is 16.2. The number of hydrogen-bond donors (Lipinski definition) is 2. The van der Waals surface area contributed by atoms with Gasteiger partial charge in [0, 0.05) is 36.4 Å². The number of aryl methyl sites for hydroxylation is 1. The Balaban J connectivity index is 1.68. The van der Waals surface area contributed by atoms with Crippen LogP contribution < -0.4 is 10.6 Å². The Hall–Kier alpha value is -3.21. The number of carbonyl (C=O) groups excluding carboxylic acids is 1. The van der Waals surface area contributed by atoms with Gasteiger partial charge < -0.3 is 10.6 Å². The first-order chi connectivity index (χ1) is 11.7. The molecule has 0 saturated heterocycles. The van der Waals surface area contributed by atoms with Crippen LogP contribution in [0.2, 0.25) is 0 Å². The van der Waals surface area contributed by atoms with E-state index in [1.165, 1.54) is 0 Å². The lowest BCUT2D eigenvalue weighted by Gasteiger charge is -2.11. The molecule has 0 bridgehead atoms. The molecule has 0 fully saturated rings. The Labute approximate surface area is 140 Å². The van der Waals surface area contributed by atoms with E-state index in [2.05, 4.69) is 20.6 Å². The lowest BCUT2D eigenvalue weighted by Crippen LogP contribution is -2.28. The van der Waals surface area contributed by atoms with Crippen molar-refractivity contribution in [3.63, 3.8) is 0 Å². The zero-order valence-corrected chi connectivity index (χ0v) is 13.4. The highest BCUT2D eigenvalue weighted by Gasteiger charge is 2.08. The normalized spacial score (nSPS) is 10.2. The number of nitrogens with one attached hydrogen (secondary N) is 2. The van der Waals surface area contributed by atoms with Crippen molar-refractivity contribution in [1.82, 2.24) is 15.3 Å². The van der Waals surface area contributed by atoms with Gasteiger partial charge in [0.15, 0.2) is 0 Å². The second-order valence-corrected chi connectivity index (χ2v) is 5.42. The van der Waals surface area contributed by atoms with Gasteiger partial charge in [-0.25, -0.2) is 4.79 Å². The van der Waals surface area contributed by atoms with Gasteiger partial charge in [-0.05, 0) is 48.4 Å². The van der Waals surface area contributed by atoms with Crippen LogP contribution in [0.5, 0.6) is 0 Å². The molecule has 2 amide bonds. The molecule has 0 aliphatic heterocycles. The molecule has 3 aromatic rings. The number of aromatic nitrogens is 2. The van der Waals surface area contributed by atoms with Gasteiger partial charge in [-0.3, -0.25) is 9.97 Å². The summed E-state index contributed by atoms with van der Waals surface area (Å²) in [5, 5.41) is 5.70. The van der Waals surface area contributed by atoms with Crippen LogP contribution >= 0.6 is 0 Å². The number of amides is 2. The van der Waals surface area contributed by atoms with Crippen LogP contribution in [0.4, 0.5) is 10.5 Å². The zero-order valence-electron chi connectivity index (χ0n) is 13.4. The third-order valence-corrected chi connectivity index (χ3v) is 3.56. The van der Waals surface area contributed by atoms with Crippen molar-refractivity contribution >= 4 is 11.7 Å². The minimum Gasteiger partial charge on any atom is -0.334 e. The van der Waals surface area contributed by atoms with E-state index in [0.29, 0.717) is 6.54 Å². The molecule has 0 aliphatic carbocycles. The zero-order chi connectivity index (χ0) is 16.8. The second-order valence-electron chi connectivity index (χ2n) is 5.42. The van der Waals surface area contributed by atoms with Gasteiger partial charge in [-0.15, -0.1) is 0 Å². The Bertz CT molecular complexity index is 834. The SMILES string of the molecule is Cc1cccc(NC(=O)NCc2cccnc2-c2ccncc2)c1. The van der Waals surface area contributed by atoms with E-state index in [1.54, 1.807) is 18.6 Å². The minimum atomic E-state index is -0.245. The molecule has 0 spiro atoms. The number of rotatable bonds is 4. The summed E-state index contributed by atoms with van der Waals surface area (Å²) in [6, 6.07) is 15.1. The number of nitrogens with zero attached hydrogens (tertiary/aromatic N) is 2. The molecule has 0 aliphatic rings. The van der Waals surface area contributed by atoms with E-state index in [1.807, 2.05) is 55.5 Å². The minimum absolute atomic E-state index is 0.245. The van der Waals surface area contributed by atoms with Gasteiger partial charge >= 0.3 is 6.03 Å². The van der Waals surface area contributed by atoms with Crippen molar-refractivity contribution in [3.05, 3.63) is 78.2 Å². The van der Waals surface area contributed by atoms with E-state index >= 15 is 0 Å². The molecule has 0 unspecified atom stereocenters. The third kappa shape index (κ3) is 3.95. The first kappa shape index (κ1) is 15.7. The molecule has 24 heavy (non-hydrogen) atoms. The fraction of sp³-hybridized carbons (Fsp3) is 0.105. The lowest BCUT2D eigenvalue weighted by molar-refractivity contribution is 0.252. The van der Waals surface area contributed by atoms with Crippen LogP contribution in [0.3, 0.4) is 0 Å². The molecule has 0 saturated carbocycles. The summed E-state index contributed by atoms with van der Waals surface area (Å²) in [6.07, 6.45) is 5.20. The monoisotopic (exact) mass is 318 g/mol. The van der Waals surface area contributed by atoms with Crippen molar-refractivity contribution < 1.29 is 4.79 Å². The smallest absolute Gasteiger partial charge is 0.319 e. The molecule has 0 radical (unpaired) electrons. The number of pyridine rings is 2. The van der Waals surface area contributed by atoms with E-state index in [0.717, 1.165) is 28.1 Å². The molecule has 5 nitrogen and oxygen atoms in total. The summed E-state index contributed by atoms with van der Waals surface area (Å²) >= 11 is 0. The summed E-state index contributed by atoms with van der Waals surface area (Å²) in [5.74, 6) is 0. The molecule has 3 rings (SSSR count). The largest absolute Gasteiger partial charge is 0.334 e. The number of anilines is 1. The highest BCUT2D eigenvalue weighted by molar-refractivity contribution is 5.89. The van der Waals surface area contributed by atoms with Crippen LogP contribution in [0, 0.1) is 6.92 Å². The van der Waals surface area contributed by atoms with Crippen LogP contribution in [0.15, 0.2) is 67.1 Å². The van der Waals surface area contributed by atoms with E-state index < -0.39 is 0 Å².